The molecule has 0 saturated carbocycles. The van der Waals surface area contributed by atoms with Gasteiger partial charge in [-0.1, -0.05) is 18.2 Å². The number of aryl methyl sites for hydroxylation is 1. The molecule has 1 heterocycles. The van der Waals surface area contributed by atoms with Crippen molar-refractivity contribution in [2.75, 3.05) is 0 Å². The molecule has 0 radical (unpaired) electrons. The van der Waals surface area contributed by atoms with E-state index < -0.39 is 0 Å². The van der Waals surface area contributed by atoms with Crippen molar-refractivity contribution in [3.63, 3.8) is 0 Å². The van der Waals surface area contributed by atoms with Gasteiger partial charge < -0.3 is 5.21 Å². The van der Waals surface area contributed by atoms with E-state index in [1.807, 2.05) is 24.3 Å². The van der Waals surface area contributed by atoms with E-state index in [0.717, 1.165) is 22.4 Å². The molecule has 15 heavy (non-hydrogen) atoms. The highest BCUT2D eigenvalue weighted by Gasteiger charge is 2.26. The summed E-state index contributed by atoms with van der Waals surface area (Å²) in [4.78, 5) is 0. The lowest BCUT2D eigenvalue weighted by Crippen LogP contribution is -2.29. The van der Waals surface area contributed by atoms with E-state index in [4.69, 9.17) is 0 Å². The number of hydrogen-bond acceptors (Lipinski definition) is 1. The molecule has 0 spiro atoms. The van der Waals surface area contributed by atoms with Gasteiger partial charge in [-0.3, -0.25) is 0 Å². The van der Waals surface area contributed by atoms with Crippen molar-refractivity contribution in [3.8, 4) is 11.3 Å². The predicted molar refractivity (Wildman–Crippen MR) is 58.4 cm³/mol. The molecule has 0 fully saturated rings. The molecule has 1 aromatic heterocycles. The van der Waals surface area contributed by atoms with Gasteiger partial charge in [0.15, 0.2) is 6.20 Å². The van der Waals surface area contributed by atoms with Gasteiger partial charge in [0.25, 0.3) is 0 Å². The normalized spacial score (nSPS) is 12.3. The van der Waals surface area contributed by atoms with Crippen LogP contribution >= 0.6 is 0 Å². The van der Waals surface area contributed by atoms with Gasteiger partial charge in [0.1, 0.15) is 0 Å². The first-order chi connectivity index (χ1) is 7.27. The summed E-state index contributed by atoms with van der Waals surface area (Å²) in [7, 11) is 0. The molecule has 0 atom stereocenters. The van der Waals surface area contributed by atoms with Crippen LogP contribution in [0.1, 0.15) is 16.7 Å². The van der Waals surface area contributed by atoms with Crippen molar-refractivity contribution in [2.24, 2.45) is 0 Å². The minimum atomic E-state index is 0.839. The van der Waals surface area contributed by atoms with Crippen LogP contribution in [0.5, 0.6) is 0 Å². The number of nitrogens with zero attached hydrogens (tertiary/aromatic N) is 1. The Morgan fingerprint density at radius 3 is 2.87 bits per heavy atom. The van der Waals surface area contributed by atoms with Crippen molar-refractivity contribution < 1.29 is 4.73 Å². The third-order valence-corrected chi connectivity index (χ3v) is 3.08. The van der Waals surface area contributed by atoms with Gasteiger partial charge in [0.05, 0.1) is 5.56 Å². The molecule has 0 aliphatic heterocycles. The number of rotatable bonds is 0. The van der Waals surface area contributed by atoms with Gasteiger partial charge >= 0.3 is 0 Å². The van der Waals surface area contributed by atoms with Gasteiger partial charge in [0.2, 0.25) is 5.69 Å². The van der Waals surface area contributed by atoms with Crippen molar-refractivity contribution in [2.45, 2.75) is 13.3 Å². The minimum Gasteiger partial charge on any atom is -0.618 e. The zero-order chi connectivity index (χ0) is 10.4. The summed E-state index contributed by atoms with van der Waals surface area (Å²) in [5.74, 6) is 0. The second-order valence-corrected chi connectivity index (χ2v) is 3.99. The fraction of sp³-hybridized carbons (Fsp3) is 0.154. The maximum absolute atomic E-state index is 11.7. The smallest absolute Gasteiger partial charge is 0.227 e. The Bertz CT molecular complexity index is 546. The predicted octanol–water partition coefficient (Wildman–Crippen LogP) is 2.20. The van der Waals surface area contributed by atoms with Crippen LogP contribution in [0.4, 0.5) is 0 Å². The van der Waals surface area contributed by atoms with Crippen LogP contribution in [0.15, 0.2) is 36.5 Å². The number of benzene rings is 1. The van der Waals surface area contributed by atoms with E-state index in [2.05, 4.69) is 13.0 Å². The lowest BCUT2D eigenvalue weighted by atomic mass is 10.1. The Balaban J connectivity index is 2.37. The second-order valence-electron chi connectivity index (χ2n) is 3.99. The molecule has 2 aromatic rings. The quantitative estimate of drug-likeness (QED) is 0.401. The van der Waals surface area contributed by atoms with E-state index in [9.17, 15) is 5.21 Å². The largest absolute Gasteiger partial charge is 0.618 e. The van der Waals surface area contributed by atoms with Crippen molar-refractivity contribution in [1.82, 2.24) is 0 Å². The second kappa shape index (κ2) is 2.83. The highest BCUT2D eigenvalue weighted by atomic mass is 16.5. The maximum atomic E-state index is 11.7. The molecule has 2 heteroatoms. The molecule has 0 amide bonds. The van der Waals surface area contributed by atoms with Crippen LogP contribution in [0.2, 0.25) is 0 Å². The third kappa shape index (κ3) is 1.08. The van der Waals surface area contributed by atoms with Gasteiger partial charge in [0, 0.05) is 18.1 Å². The fourth-order valence-electron chi connectivity index (χ4n) is 2.27. The number of pyridine rings is 1. The molecule has 1 aliphatic rings. The van der Waals surface area contributed by atoms with Crippen molar-refractivity contribution >= 4 is 0 Å². The van der Waals surface area contributed by atoms with E-state index in [1.54, 1.807) is 6.20 Å². The summed E-state index contributed by atoms with van der Waals surface area (Å²) in [6.45, 7) is 2.06. The minimum absolute atomic E-state index is 0.839. The Kier molecular flexibility index (Phi) is 1.60. The zero-order valence-corrected chi connectivity index (χ0v) is 8.53. The molecule has 0 N–H and O–H groups in total. The lowest BCUT2D eigenvalue weighted by molar-refractivity contribution is -0.593. The SMILES string of the molecule is Cc1cc[n+]([O-])c2c1Cc1ccccc1-2. The molecular formula is C13H11NO. The molecule has 0 bridgehead atoms. The average molecular weight is 197 g/mol. The van der Waals surface area contributed by atoms with E-state index in [1.165, 1.54) is 16.7 Å². The zero-order valence-electron chi connectivity index (χ0n) is 8.53. The van der Waals surface area contributed by atoms with Crippen LogP contribution in [0, 0.1) is 12.1 Å². The summed E-state index contributed by atoms with van der Waals surface area (Å²) < 4.78 is 0.980. The summed E-state index contributed by atoms with van der Waals surface area (Å²) in [5.41, 5.74) is 5.56. The Morgan fingerprint density at radius 2 is 2.00 bits per heavy atom. The molecule has 1 aliphatic carbocycles. The lowest BCUT2D eigenvalue weighted by Gasteiger charge is -2.05. The maximum Gasteiger partial charge on any atom is 0.227 e. The average Bonchev–Trinajstić information content (AvgIpc) is 2.64. The van der Waals surface area contributed by atoms with Crippen molar-refractivity contribution in [3.05, 3.63) is 58.4 Å². The first-order valence-electron chi connectivity index (χ1n) is 5.07. The molecule has 1 aromatic carbocycles. The molecule has 3 rings (SSSR count). The highest BCUT2D eigenvalue weighted by Crippen LogP contribution is 2.34. The first-order valence-corrected chi connectivity index (χ1v) is 5.07. The Hall–Kier alpha value is -1.83. The molecule has 2 nitrogen and oxygen atoms in total. The Labute approximate surface area is 88.4 Å². The van der Waals surface area contributed by atoms with Gasteiger partial charge in [-0.25, -0.2) is 0 Å². The van der Waals surface area contributed by atoms with E-state index >= 15 is 0 Å². The summed E-state index contributed by atoms with van der Waals surface area (Å²) in [6.07, 6.45) is 2.48. The van der Waals surface area contributed by atoms with Crippen molar-refractivity contribution in [1.29, 1.82) is 0 Å². The van der Waals surface area contributed by atoms with Crippen LogP contribution < -0.4 is 4.73 Å². The standard InChI is InChI=1S/C13H11NO/c1-9-6-7-14(15)13-11-5-3-2-4-10(11)8-12(9)13/h2-7H,8H2,1H3. The monoisotopic (exact) mass is 197 g/mol. The summed E-state index contributed by atoms with van der Waals surface area (Å²) in [5, 5.41) is 11.7. The molecule has 74 valence electrons. The van der Waals surface area contributed by atoms with Crippen LogP contribution in [0.3, 0.4) is 0 Å². The highest BCUT2D eigenvalue weighted by molar-refractivity contribution is 5.72. The first kappa shape index (κ1) is 8.48. The summed E-state index contributed by atoms with van der Waals surface area (Å²) >= 11 is 0. The van der Waals surface area contributed by atoms with Crippen LogP contribution in [-0.2, 0) is 6.42 Å². The van der Waals surface area contributed by atoms with Crippen LogP contribution in [-0.4, -0.2) is 0 Å². The molecule has 0 unspecified atom stereocenters. The van der Waals surface area contributed by atoms with Crippen LogP contribution in [0.25, 0.3) is 11.3 Å². The van der Waals surface area contributed by atoms with Gasteiger partial charge in [-0.2, -0.15) is 4.73 Å². The van der Waals surface area contributed by atoms with E-state index in [-0.39, 0.29) is 0 Å². The topological polar surface area (TPSA) is 26.9 Å². The summed E-state index contributed by atoms with van der Waals surface area (Å²) in [6, 6.07) is 10.0. The molecular weight excluding hydrogens is 186 g/mol. The van der Waals surface area contributed by atoms with Gasteiger partial charge in [-0.05, 0) is 24.1 Å². The third-order valence-electron chi connectivity index (χ3n) is 3.08. The number of fused-ring (bicyclic) bond motifs is 3. The number of aromatic nitrogens is 1. The Morgan fingerprint density at radius 1 is 1.20 bits per heavy atom. The fourth-order valence-corrected chi connectivity index (χ4v) is 2.27. The van der Waals surface area contributed by atoms with Gasteiger partial charge in [-0.15, -0.1) is 0 Å². The molecule has 0 saturated heterocycles. The number of hydrogen-bond donors (Lipinski definition) is 0. The van der Waals surface area contributed by atoms with E-state index in [0.29, 0.717) is 0 Å².